The van der Waals surface area contributed by atoms with Crippen molar-refractivity contribution in [3.8, 4) is 11.5 Å². The molecule has 0 spiro atoms. The van der Waals surface area contributed by atoms with Crippen molar-refractivity contribution in [2.75, 3.05) is 6.61 Å². The van der Waals surface area contributed by atoms with E-state index in [1.165, 1.54) is 0 Å². The fourth-order valence-corrected chi connectivity index (χ4v) is 8.44. The Kier molecular flexibility index (Phi) is 8.75. The molecule has 4 atom stereocenters. The number of aromatic hydroxyl groups is 1. The van der Waals surface area contributed by atoms with Gasteiger partial charge in [0.05, 0.1) is 17.9 Å². The highest BCUT2D eigenvalue weighted by atomic mass is 16.5. The first-order valence-electron chi connectivity index (χ1n) is 16.9. The molecular weight excluding hydrogens is 577 g/mol. The van der Waals surface area contributed by atoms with Crippen LogP contribution in [-0.2, 0) is 14.2 Å². The highest BCUT2D eigenvalue weighted by molar-refractivity contribution is 6.43. The minimum Gasteiger partial charge on any atom is -0.507 e. The van der Waals surface area contributed by atoms with Crippen molar-refractivity contribution in [2.45, 2.75) is 76.8 Å². The lowest BCUT2D eigenvalue weighted by Gasteiger charge is -2.43. The number of para-hydroxylation sites is 1. The second kappa shape index (κ2) is 13.1. The van der Waals surface area contributed by atoms with Gasteiger partial charge in [0.15, 0.2) is 0 Å². The summed E-state index contributed by atoms with van der Waals surface area (Å²) in [6.45, 7) is 2.40. The van der Waals surface area contributed by atoms with E-state index in [4.69, 9.17) is 9.39 Å². The first kappa shape index (κ1) is 30.8. The van der Waals surface area contributed by atoms with Crippen molar-refractivity contribution in [3.63, 3.8) is 0 Å². The van der Waals surface area contributed by atoms with Gasteiger partial charge < -0.3 is 19.5 Å². The molecule has 0 aromatic heterocycles. The number of phenols is 1. The number of benzene rings is 3. The molecule has 2 saturated heterocycles. The first-order valence-corrected chi connectivity index (χ1v) is 16.9. The van der Waals surface area contributed by atoms with Crippen molar-refractivity contribution >= 4 is 35.8 Å². The zero-order chi connectivity index (χ0) is 31.8. The summed E-state index contributed by atoms with van der Waals surface area (Å²) in [6, 6.07) is 21.1. The van der Waals surface area contributed by atoms with E-state index in [9.17, 15) is 19.7 Å². The maximum absolute atomic E-state index is 14.1. The Morgan fingerprint density at radius 1 is 0.957 bits per heavy atom. The summed E-state index contributed by atoms with van der Waals surface area (Å²) >= 11 is 0. The number of rotatable bonds is 8. The Morgan fingerprint density at radius 2 is 1.70 bits per heavy atom. The molecule has 2 amide bonds. The fraction of sp³-hybridized carbons (Fsp3) is 0.421. The Labute approximate surface area is 271 Å². The van der Waals surface area contributed by atoms with Gasteiger partial charge in [0, 0.05) is 11.4 Å². The van der Waals surface area contributed by atoms with Gasteiger partial charge in [0.2, 0.25) is 11.8 Å². The number of imide groups is 1. The van der Waals surface area contributed by atoms with Crippen LogP contribution in [-0.4, -0.2) is 52.7 Å². The van der Waals surface area contributed by atoms with Gasteiger partial charge in [-0.2, -0.15) is 0 Å². The molecule has 8 heteroatoms. The molecule has 3 aromatic rings. The van der Waals surface area contributed by atoms with Crippen molar-refractivity contribution in [1.29, 1.82) is 0 Å². The van der Waals surface area contributed by atoms with E-state index in [2.05, 4.69) is 13.0 Å². The van der Waals surface area contributed by atoms with Gasteiger partial charge in [-0.25, -0.2) is 0 Å². The molecule has 2 N–H and O–H groups in total. The van der Waals surface area contributed by atoms with Crippen LogP contribution in [0.4, 0.5) is 0 Å². The Morgan fingerprint density at radius 3 is 2.48 bits per heavy atom. The van der Waals surface area contributed by atoms with Crippen molar-refractivity contribution in [3.05, 3.63) is 89.0 Å². The zero-order valence-electron chi connectivity index (χ0n) is 26.4. The Balaban J connectivity index is 1.18. The standard InChI is InChI=1S/C38H42BNO6/c1-24(20-25-17-18-33(41)30-15-9-8-14-29(25)30)16-19-34-35-26(23-45-28-12-6-3-7-13-28)21-31-36(32(35)22-39(44)46-34)38(43)40(37(31)42)27-10-4-2-5-11-27/h3,6-9,12-15,17-18,20,27,31-32,34,36,41,44H,2,4-5,10-11,16,19,21-23H2,1H3/b24-20+/t31-,32+,34-,36-/m1/s1. The number of phenolic OH excluding ortho intramolecular Hbond substituents is 1. The lowest BCUT2D eigenvalue weighted by molar-refractivity contribution is -0.143. The topological polar surface area (TPSA) is 96.3 Å². The number of carbonyl (C=O) groups excluding carboxylic acids is 2. The van der Waals surface area contributed by atoms with Crippen molar-refractivity contribution in [1.82, 2.24) is 4.90 Å². The van der Waals surface area contributed by atoms with Gasteiger partial charge in [0.1, 0.15) is 18.1 Å². The Hall–Kier alpha value is -3.88. The largest absolute Gasteiger partial charge is 0.507 e. The second-order valence-corrected chi connectivity index (χ2v) is 13.5. The van der Waals surface area contributed by atoms with E-state index in [0.29, 0.717) is 32.2 Å². The highest BCUT2D eigenvalue weighted by Crippen LogP contribution is 2.51. The number of nitrogens with zero attached hydrogens (tertiary/aromatic N) is 1. The van der Waals surface area contributed by atoms with Crippen LogP contribution in [0.5, 0.6) is 11.5 Å². The van der Waals surface area contributed by atoms with Gasteiger partial charge in [0.25, 0.3) is 0 Å². The van der Waals surface area contributed by atoms with E-state index in [0.717, 1.165) is 70.9 Å². The van der Waals surface area contributed by atoms with Crippen molar-refractivity contribution < 1.29 is 29.1 Å². The number of hydrogen-bond donors (Lipinski definition) is 2. The molecule has 238 valence electrons. The number of hydrogen-bond acceptors (Lipinski definition) is 6. The van der Waals surface area contributed by atoms with Crippen LogP contribution in [0, 0.1) is 17.8 Å². The average molecular weight is 620 g/mol. The first-order chi connectivity index (χ1) is 22.4. The summed E-state index contributed by atoms with van der Waals surface area (Å²) in [5, 5.41) is 23.2. The summed E-state index contributed by atoms with van der Waals surface area (Å²) in [7, 11) is -1.01. The lowest BCUT2D eigenvalue weighted by atomic mass is 9.58. The minimum atomic E-state index is -1.01. The molecule has 0 bridgehead atoms. The predicted octanol–water partition coefficient (Wildman–Crippen LogP) is 6.94. The number of carbonyl (C=O) groups is 2. The number of amides is 2. The highest BCUT2D eigenvalue weighted by Gasteiger charge is 2.58. The lowest BCUT2D eigenvalue weighted by Crippen LogP contribution is -2.47. The van der Waals surface area contributed by atoms with E-state index in [1.807, 2.05) is 60.7 Å². The van der Waals surface area contributed by atoms with E-state index < -0.39 is 25.1 Å². The fourth-order valence-electron chi connectivity index (χ4n) is 8.44. The van der Waals surface area contributed by atoms with Crippen LogP contribution in [0.1, 0.15) is 63.9 Å². The van der Waals surface area contributed by atoms with Crippen LogP contribution >= 0.6 is 0 Å². The van der Waals surface area contributed by atoms with Gasteiger partial charge in [-0.1, -0.05) is 79.4 Å². The monoisotopic (exact) mass is 619 g/mol. The number of ether oxygens (including phenoxy) is 1. The Bertz CT molecular complexity index is 1680. The molecule has 1 saturated carbocycles. The molecule has 7 nitrogen and oxygen atoms in total. The van der Waals surface area contributed by atoms with Gasteiger partial charge >= 0.3 is 7.12 Å². The summed E-state index contributed by atoms with van der Waals surface area (Å²) in [6.07, 6.45) is 8.85. The van der Waals surface area contributed by atoms with Gasteiger partial charge in [-0.3, -0.25) is 14.5 Å². The third kappa shape index (κ3) is 5.89. The molecule has 0 unspecified atom stereocenters. The maximum Gasteiger partial charge on any atom is 0.455 e. The quantitative estimate of drug-likeness (QED) is 0.161. The molecule has 46 heavy (non-hydrogen) atoms. The maximum atomic E-state index is 14.1. The summed E-state index contributed by atoms with van der Waals surface area (Å²) in [5.41, 5.74) is 4.23. The molecule has 2 heterocycles. The molecule has 4 aliphatic rings. The molecule has 7 rings (SSSR count). The molecule has 2 aliphatic carbocycles. The molecule has 2 aliphatic heterocycles. The summed E-state index contributed by atoms with van der Waals surface area (Å²) in [5.74, 6) is -0.252. The minimum absolute atomic E-state index is 0.0175. The van der Waals surface area contributed by atoms with Crippen LogP contribution in [0.15, 0.2) is 83.4 Å². The number of allylic oxidation sites excluding steroid dienone is 1. The van der Waals surface area contributed by atoms with Crippen LogP contribution < -0.4 is 4.74 Å². The summed E-state index contributed by atoms with van der Waals surface area (Å²) < 4.78 is 12.5. The van der Waals surface area contributed by atoms with Crippen LogP contribution in [0.3, 0.4) is 0 Å². The molecule has 0 radical (unpaired) electrons. The number of fused-ring (bicyclic) bond motifs is 4. The second-order valence-electron chi connectivity index (χ2n) is 13.5. The van der Waals surface area contributed by atoms with Gasteiger partial charge in [-0.15, -0.1) is 0 Å². The number of likely N-dealkylation sites (tertiary alicyclic amines) is 1. The predicted molar refractivity (Wildman–Crippen MR) is 179 cm³/mol. The average Bonchev–Trinajstić information content (AvgIpc) is 3.33. The SMILES string of the molecule is C/C(=C\c1ccc(O)c2ccccc12)CC[C@H]1OB(O)C[C@H]2C1=C(COc1ccccc1)C[C@H]1C(=O)N(C3CCCCC3)C(=O)[C@H]12. The smallest absolute Gasteiger partial charge is 0.455 e. The third-order valence-corrected chi connectivity index (χ3v) is 10.6. The van der Waals surface area contributed by atoms with Crippen LogP contribution in [0.25, 0.3) is 16.8 Å². The zero-order valence-corrected chi connectivity index (χ0v) is 26.4. The van der Waals surface area contributed by atoms with Gasteiger partial charge in [-0.05, 0) is 91.6 Å². The van der Waals surface area contributed by atoms with Crippen LogP contribution in [0.2, 0.25) is 6.32 Å². The van der Waals surface area contributed by atoms with E-state index >= 15 is 0 Å². The molecular formula is C38H42BNO6. The summed E-state index contributed by atoms with van der Waals surface area (Å²) in [4.78, 5) is 29.7. The molecule has 3 aromatic carbocycles. The normalized spacial score (nSPS) is 25.7. The third-order valence-electron chi connectivity index (χ3n) is 10.6. The van der Waals surface area contributed by atoms with E-state index in [-0.39, 0.29) is 29.5 Å². The molecule has 3 fully saturated rings. The van der Waals surface area contributed by atoms with Crippen molar-refractivity contribution in [2.24, 2.45) is 17.8 Å². The van der Waals surface area contributed by atoms with E-state index in [1.54, 1.807) is 11.0 Å².